The van der Waals surface area contributed by atoms with Crippen LogP contribution < -0.4 is 14.2 Å². The standard InChI is InChI=1S/C23H19F2N3O4/c1-13-19(24)21(31-16-7-5-6-14(10-16)12-26)27-22(20(13)25)32-18-11-15(23(29)28(2)3)8-9-17(18)30-4/h5-11H,1-4H3. The molecule has 3 rings (SSSR count). The molecule has 1 heterocycles. The maximum atomic E-state index is 14.8. The van der Waals surface area contributed by atoms with E-state index in [4.69, 9.17) is 19.5 Å². The third-order valence-electron chi connectivity index (χ3n) is 4.44. The molecule has 0 unspecified atom stereocenters. The van der Waals surface area contributed by atoms with E-state index in [1.807, 2.05) is 6.07 Å². The van der Waals surface area contributed by atoms with Crippen LogP contribution in [0.15, 0.2) is 42.5 Å². The summed E-state index contributed by atoms with van der Waals surface area (Å²) >= 11 is 0. The number of aromatic nitrogens is 1. The van der Waals surface area contributed by atoms with Crippen LogP contribution in [0.1, 0.15) is 21.5 Å². The normalized spacial score (nSPS) is 10.3. The number of pyridine rings is 1. The van der Waals surface area contributed by atoms with Gasteiger partial charge in [0, 0.05) is 25.2 Å². The Hall–Kier alpha value is -4.19. The van der Waals surface area contributed by atoms with Crippen LogP contribution in [0.3, 0.4) is 0 Å². The zero-order chi connectivity index (χ0) is 23.4. The number of rotatable bonds is 6. The van der Waals surface area contributed by atoms with Gasteiger partial charge < -0.3 is 19.1 Å². The van der Waals surface area contributed by atoms with Crippen molar-refractivity contribution in [3.8, 4) is 35.1 Å². The van der Waals surface area contributed by atoms with Crippen LogP contribution >= 0.6 is 0 Å². The lowest BCUT2D eigenvalue weighted by Crippen LogP contribution is -2.21. The quantitative estimate of drug-likeness (QED) is 0.547. The lowest BCUT2D eigenvalue weighted by Gasteiger charge is -2.15. The highest BCUT2D eigenvalue weighted by Crippen LogP contribution is 2.36. The molecule has 1 amide bonds. The van der Waals surface area contributed by atoms with Crippen LogP contribution in [0.2, 0.25) is 0 Å². The first kappa shape index (κ1) is 22.5. The van der Waals surface area contributed by atoms with E-state index in [-0.39, 0.29) is 34.3 Å². The van der Waals surface area contributed by atoms with Gasteiger partial charge in [0.25, 0.3) is 17.7 Å². The average Bonchev–Trinajstić information content (AvgIpc) is 2.80. The van der Waals surface area contributed by atoms with E-state index < -0.39 is 23.4 Å². The molecule has 1 aromatic heterocycles. The molecule has 0 aliphatic heterocycles. The summed E-state index contributed by atoms with van der Waals surface area (Å²) < 4.78 is 45.6. The Morgan fingerprint density at radius 2 is 1.72 bits per heavy atom. The molecule has 32 heavy (non-hydrogen) atoms. The van der Waals surface area contributed by atoms with Crippen molar-refractivity contribution in [3.63, 3.8) is 0 Å². The number of halogens is 2. The molecule has 7 nitrogen and oxygen atoms in total. The Morgan fingerprint density at radius 1 is 1.03 bits per heavy atom. The third kappa shape index (κ3) is 4.59. The van der Waals surface area contributed by atoms with Crippen molar-refractivity contribution in [3.05, 3.63) is 70.8 Å². The Morgan fingerprint density at radius 3 is 2.34 bits per heavy atom. The fourth-order valence-electron chi connectivity index (χ4n) is 2.74. The molecule has 0 N–H and O–H groups in total. The number of benzene rings is 2. The van der Waals surface area contributed by atoms with Crippen molar-refractivity contribution in [1.82, 2.24) is 9.88 Å². The van der Waals surface area contributed by atoms with Crippen molar-refractivity contribution in [1.29, 1.82) is 5.26 Å². The molecule has 0 spiro atoms. The molecular weight excluding hydrogens is 420 g/mol. The second-order valence-electron chi connectivity index (χ2n) is 6.88. The molecule has 0 saturated heterocycles. The number of hydrogen-bond donors (Lipinski definition) is 0. The minimum absolute atomic E-state index is 0.00929. The minimum Gasteiger partial charge on any atom is -0.493 e. The smallest absolute Gasteiger partial charge is 0.259 e. The zero-order valence-corrected chi connectivity index (χ0v) is 17.8. The Balaban J connectivity index is 2.02. The van der Waals surface area contributed by atoms with Crippen molar-refractivity contribution in [2.24, 2.45) is 0 Å². The van der Waals surface area contributed by atoms with Crippen LogP contribution in [0.4, 0.5) is 8.78 Å². The van der Waals surface area contributed by atoms with Crippen molar-refractivity contribution in [2.45, 2.75) is 6.92 Å². The van der Waals surface area contributed by atoms with E-state index in [1.54, 1.807) is 26.2 Å². The Kier molecular flexibility index (Phi) is 6.54. The maximum Gasteiger partial charge on any atom is 0.259 e. The van der Waals surface area contributed by atoms with E-state index in [0.717, 1.165) is 0 Å². The molecule has 2 aromatic carbocycles. The molecule has 0 radical (unpaired) electrons. The van der Waals surface area contributed by atoms with Crippen molar-refractivity contribution >= 4 is 5.91 Å². The second kappa shape index (κ2) is 9.31. The van der Waals surface area contributed by atoms with E-state index in [2.05, 4.69) is 4.98 Å². The van der Waals surface area contributed by atoms with Gasteiger partial charge in [-0.3, -0.25) is 4.79 Å². The van der Waals surface area contributed by atoms with Crippen LogP contribution in [0.5, 0.6) is 29.0 Å². The van der Waals surface area contributed by atoms with Gasteiger partial charge in [-0.2, -0.15) is 10.2 Å². The summed E-state index contributed by atoms with van der Waals surface area (Å²) in [6, 6.07) is 12.3. The maximum absolute atomic E-state index is 14.8. The van der Waals surface area contributed by atoms with Gasteiger partial charge in [-0.1, -0.05) is 6.07 Å². The summed E-state index contributed by atoms with van der Waals surface area (Å²) in [5, 5.41) is 9.01. The molecule has 0 fully saturated rings. The topological polar surface area (TPSA) is 84.7 Å². The predicted octanol–water partition coefficient (Wildman–Crippen LogP) is 4.83. The fourth-order valence-corrected chi connectivity index (χ4v) is 2.74. The number of carbonyl (C=O) groups excluding carboxylic acids is 1. The molecule has 9 heteroatoms. The van der Waals surface area contributed by atoms with Gasteiger partial charge in [-0.05, 0) is 43.3 Å². The lowest BCUT2D eigenvalue weighted by atomic mass is 10.2. The van der Waals surface area contributed by atoms with Crippen molar-refractivity contribution in [2.75, 3.05) is 21.2 Å². The third-order valence-corrected chi connectivity index (χ3v) is 4.44. The summed E-state index contributed by atoms with van der Waals surface area (Å²) in [7, 11) is 4.55. The molecule has 3 aromatic rings. The molecule has 0 bridgehead atoms. The largest absolute Gasteiger partial charge is 0.493 e. The molecule has 0 atom stereocenters. The monoisotopic (exact) mass is 439 g/mol. The van der Waals surface area contributed by atoms with Gasteiger partial charge in [0.1, 0.15) is 5.75 Å². The number of carbonyl (C=O) groups is 1. The SMILES string of the molecule is COc1ccc(C(=O)N(C)C)cc1Oc1nc(Oc2cccc(C#N)c2)c(F)c(C)c1F. The molecule has 0 aliphatic rings. The summed E-state index contributed by atoms with van der Waals surface area (Å²) in [6.45, 7) is 1.21. The Labute approximate surface area is 183 Å². The second-order valence-corrected chi connectivity index (χ2v) is 6.88. The lowest BCUT2D eigenvalue weighted by molar-refractivity contribution is 0.0827. The summed E-state index contributed by atoms with van der Waals surface area (Å²) in [6.07, 6.45) is 0. The number of nitrogens with zero attached hydrogens (tertiary/aromatic N) is 3. The first-order valence-electron chi connectivity index (χ1n) is 9.36. The summed E-state index contributed by atoms with van der Waals surface area (Å²) in [5.41, 5.74) is 0.195. The highest BCUT2D eigenvalue weighted by atomic mass is 19.1. The average molecular weight is 439 g/mol. The minimum atomic E-state index is -1.04. The van der Waals surface area contributed by atoms with Crippen LogP contribution in [0.25, 0.3) is 0 Å². The molecule has 164 valence electrons. The first-order chi connectivity index (χ1) is 15.2. The van der Waals surface area contributed by atoms with Gasteiger partial charge in [0.15, 0.2) is 23.1 Å². The summed E-state index contributed by atoms with van der Waals surface area (Å²) in [5.74, 6) is -3.09. The summed E-state index contributed by atoms with van der Waals surface area (Å²) in [4.78, 5) is 17.5. The molecular formula is C23H19F2N3O4. The Bertz CT molecular complexity index is 1220. The molecule has 0 aliphatic carbocycles. The number of hydrogen-bond acceptors (Lipinski definition) is 6. The number of methoxy groups -OCH3 is 1. The predicted molar refractivity (Wildman–Crippen MR) is 111 cm³/mol. The van der Waals surface area contributed by atoms with Crippen molar-refractivity contribution < 1.29 is 27.8 Å². The van der Waals surface area contributed by atoms with E-state index >= 15 is 0 Å². The highest BCUT2D eigenvalue weighted by molar-refractivity contribution is 5.94. The highest BCUT2D eigenvalue weighted by Gasteiger charge is 2.22. The van der Waals surface area contributed by atoms with Gasteiger partial charge >= 0.3 is 0 Å². The van der Waals surface area contributed by atoms with Gasteiger partial charge in [0.05, 0.1) is 18.7 Å². The zero-order valence-electron chi connectivity index (χ0n) is 17.8. The number of nitriles is 1. The van der Waals surface area contributed by atoms with Gasteiger partial charge in [-0.15, -0.1) is 0 Å². The van der Waals surface area contributed by atoms with E-state index in [1.165, 1.54) is 49.3 Å². The fraction of sp³-hybridized carbons (Fsp3) is 0.174. The number of ether oxygens (including phenoxy) is 3. The van der Waals surface area contributed by atoms with Gasteiger partial charge in [-0.25, -0.2) is 8.78 Å². The first-order valence-corrected chi connectivity index (χ1v) is 9.36. The molecule has 0 saturated carbocycles. The van der Waals surface area contributed by atoms with E-state index in [9.17, 15) is 13.6 Å². The van der Waals surface area contributed by atoms with Gasteiger partial charge in [0.2, 0.25) is 0 Å². The number of amides is 1. The van der Waals surface area contributed by atoms with Crippen LogP contribution in [-0.4, -0.2) is 37.0 Å². The van der Waals surface area contributed by atoms with Crippen LogP contribution in [-0.2, 0) is 0 Å². The van der Waals surface area contributed by atoms with E-state index in [0.29, 0.717) is 5.56 Å². The van der Waals surface area contributed by atoms with Crippen LogP contribution in [0, 0.1) is 29.9 Å².